The van der Waals surface area contributed by atoms with Gasteiger partial charge in [-0.3, -0.25) is 4.79 Å². The van der Waals surface area contributed by atoms with E-state index in [2.05, 4.69) is 10.1 Å². The van der Waals surface area contributed by atoms with Crippen molar-refractivity contribution >= 4 is 34.2 Å². The van der Waals surface area contributed by atoms with Gasteiger partial charge in [0.05, 0.1) is 24.8 Å². The van der Waals surface area contributed by atoms with Crippen LogP contribution in [0.2, 0.25) is 0 Å². The number of ether oxygens (including phenoxy) is 2. The molecule has 0 aliphatic heterocycles. The van der Waals surface area contributed by atoms with E-state index in [1.807, 2.05) is 0 Å². The molecule has 1 amide bonds. The van der Waals surface area contributed by atoms with Crippen molar-refractivity contribution in [2.45, 2.75) is 26.2 Å². The van der Waals surface area contributed by atoms with E-state index >= 15 is 0 Å². The Labute approximate surface area is 155 Å². The van der Waals surface area contributed by atoms with Crippen molar-refractivity contribution in [2.24, 2.45) is 0 Å². The minimum absolute atomic E-state index is 0.276. The van der Waals surface area contributed by atoms with Gasteiger partial charge in [-0.2, -0.15) is 0 Å². The highest BCUT2D eigenvalue weighted by atomic mass is 32.1. The highest BCUT2D eigenvalue weighted by Crippen LogP contribution is 2.39. The van der Waals surface area contributed by atoms with E-state index in [1.54, 1.807) is 25.1 Å². The number of nitrogens with one attached hydrogen (secondary N) is 1. The first kappa shape index (κ1) is 18.1. The van der Waals surface area contributed by atoms with Crippen LogP contribution in [0.5, 0.6) is 0 Å². The number of anilines is 1. The lowest BCUT2D eigenvalue weighted by molar-refractivity contribution is 0.0526. The van der Waals surface area contributed by atoms with Crippen molar-refractivity contribution < 1.29 is 23.9 Å². The van der Waals surface area contributed by atoms with Gasteiger partial charge in [-0.15, -0.1) is 11.3 Å². The summed E-state index contributed by atoms with van der Waals surface area (Å²) in [5.41, 5.74) is 2.05. The zero-order chi connectivity index (χ0) is 18.7. The molecule has 0 saturated carbocycles. The van der Waals surface area contributed by atoms with Gasteiger partial charge in [-0.25, -0.2) is 9.59 Å². The van der Waals surface area contributed by atoms with Gasteiger partial charge in [0.15, 0.2) is 0 Å². The number of benzene rings is 1. The molecule has 1 aromatic carbocycles. The number of thiophene rings is 1. The maximum Gasteiger partial charge on any atom is 0.341 e. The van der Waals surface area contributed by atoms with E-state index < -0.39 is 11.9 Å². The molecule has 2 aromatic rings. The SMILES string of the molecule is CCOC(=O)c1c(NC(=O)c2cccc(C(=O)OC)c2)sc2c1CCC2. The second-order valence-corrected chi connectivity index (χ2v) is 6.91. The van der Waals surface area contributed by atoms with Crippen LogP contribution in [0, 0.1) is 0 Å². The molecule has 1 N–H and O–H groups in total. The number of methoxy groups -OCH3 is 1. The Bertz CT molecular complexity index is 871. The predicted octanol–water partition coefficient (Wildman–Crippen LogP) is 3.45. The third-order valence-electron chi connectivity index (χ3n) is 4.17. The third-order valence-corrected chi connectivity index (χ3v) is 5.38. The minimum Gasteiger partial charge on any atom is -0.465 e. The summed E-state index contributed by atoms with van der Waals surface area (Å²) in [5.74, 6) is -1.31. The Kier molecular flexibility index (Phi) is 5.37. The average Bonchev–Trinajstić information content (AvgIpc) is 3.21. The maximum atomic E-state index is 12.6. The summed E-state index contributed by atoms with van der Waals surface area (Å²) in [4.78, 5) is 37.7. The highest BCUT2D eigenvalue weighted by Gasteiger charge is 2.28. The van der Waals surface area contributed by atoms with E-state index in [4.69, 9.17) is 4.74 Å². The first-order chi connectivity index (χ1) is 12.5. The van der Waals surface area contributed by atoms with Crippen molar-refractivity contribution in [1.82, 2.24) is 0 Å². The van der Waals surface area contributed by atoms with Crippen molar-refractivity contribution in [1.29, 1.82) is 0 Å². The third kappa shape index (κ3) is 3.48. The second-order valence-electron chi connectivity index (χ2n) is 5.81. The first-order valence-electron chi connectivity index (χ1n) is 8.36. The number of fused-ring (bicyclic) bond motifs is 1. The minimum atomic E-state index is -0.512. The van der Waals surface area contributed by atoms with E-state index in [-0.39, 0.29) is 12.5 Å². The zero-order valence-corrected chi connectivity index (χ0v) is 15.4. The van der Waals surface area contributed by atoms with Crippen LogP contribution in [-0.2, 0) is 22.3 Å². The highest BCUT2D eigenvalue weighted by molar-refractivity contribution is 7.17. The van der Waals surface area contributed by atoms with Crippen molar-refractivity contribution in [3.05, 3.63) is 51.4 Å². The molecule has 0 fully saturated rings. The molecule has 0 saturated heterocycles. The molecule has 6 nitrogen and oxygen atoms in total. The summed E-state index contributed by atoms with van der Waals surface area (Å²) >= 11 is 1.42. The normalized spacial score (nSPS) is 12.4. The number of aryl methyl sites for hydroxylation is 1. The fourth-order valence-electron chi connectivity index (χ4n) is 2.99. The topological polar surface area (TPSA) is 81.7 Å². The van der Waals surface area contributed by atoms with E-state index in [0.717, 1.165) is 29.7 Å². The van der Waals surface area contributed by atoms with Crippen LogP contribution in [0.3, 0.4) is 0 Å². The molecule has 7 heteroatoms. The van der Waals surface area contributed by atoms with E-state index in [0.29, 0.717) is 21.7 Å². The molecule has 26 heavy (non-hydrogen) atoms. The lowest BCUT2D eigenvalue weighted by Crippen LogP contribution is -2.16. The molecule has 1 heterocycles. The molecule has 1 aliphatic rings. The summed E-state index contributed by atoms with van der Waals surface area (Å²) in [5, 5.41) is 3.31. The largest absolute Gasteiger partial charge is 0.465 e. The molecule has 0 unspecified atom stereocenters. The molecular weight excluding hydrogens is 354 g/mol. The maximum absolute atomic E-state index is 12.6. The van der Waals surface area contributed by atoms with Gasteiger partial charge in [0.2, 0.25) is 0 Å². The molecule has 3 rings (SSSR count). The summed E-state index contributed by atoms with van der Waals surface area (Å²) in [6, 6.07) is 6.26. The molecule has 0 spiro atoms. The average molecular weight is 373 g/mol. The Balaban J connectivity index is 1.88. The Morgan fingerprint density at radius 3 is 2.65 bits per heavy atom. The molecule has 0 bridgehead atoms. The van der Waals surface area contributed by atoms with Gasteiger partial charge < -0.3 is 14.8 Å². The first-order valence-corrected chi connectivity index (χ1v) is 9.18. The number of amides is 1. The van der Waals surface area contributed by atoms with Gasteiger partial charge in [0.1, 0.15) is 5.00 Å². The molecule has 0 atom stereocenters. The lowest BCUT2D eigenvalue weighted by Gasteiger charge is -2.08. The standard InChI is InChI=1S/C19H19NO5S/c1-3-25-19(23)15-13-8-5-9-14(13)26-17(15)20-16(21)11-6-4-7-12(10-11)18(22)24-2/h4,6-7,10H,3,5,8-9H2,1-2H3,(H,20,21). The quantitative estimate of drug-likeness (QED) is 0.812. The predicted molar refractivity (Wildman–Crippen MR) is 98.0 cm³/mol. The fourth-order valence-corrected chi connectivity index (χ4v) is 4.26. The van der Waals surface area contributed by atoms with Crippen molar-refractivity contribution in [2.75, 3.05) is 19.0 Å². The van der Waals surface area contributed by atoms with E-state index in [9.17, 15) is 14.4 Å². The smallest absolute Gasteiger partial charge is 0.341 e. The molecular formula is C19H19NO5S. The zero-order valence-electron chi connectivity index (χ0n) is 14.6. The van der Waals surface area contributed by atoms with Crippen LogP contribution < -0.4 is 5.32 Å². The van der Waals surface area contributed by atoms with Crippen LogP contribution in [-0.4, -0.2) is 31.6 Å². The van der Waals surface area contributed by atoms with Crippen LogP contribution in [0.1, 0.15) is 54.9 Å². The molecule has 136 valence electrons. The summed E-state index contributed by atoms with van der Waals surface area (Å²) in [6.45, 7) is 2.03. The van der Waals surface area contributed by atoms with Gasteiger partial charge in [0.25, 0.3) is 5.91 Å². The van der Waals surface area contributed by atoms with Crippen LogP contribution in [0.25, 0.3) is 0 Å². The van der Waals surface area contributed by atoms with Crippen LogP contribution in [0.4, 0.5) is 5.00 Å². The Morgan fingerprint density at radius 2 is 1.92 bits per heavy atom. The molecule has 1 aliphatic carbocycles. The Morgan fingerprint density at radius 1 is 1.15 bits per heavy atom. The summed E-state index contributed by atoms with van der Waals surface area (Å²) in [7, 11) is 1.29. The number of hydrogen-bond donors (Lipinski definition) is 1. The second kappa shape index (κ2) is 7.70. The number of rotatable bonds is 5. The number of hydrogen-bond acceptors (Lipinski definition) is 6. The van der Waals surface area contributed by atoms with E-state index in [1.165, 1.54) is 24.5 Å². The monoisotopic (exact) mass is 373 g/mol. The number of esters is 2. The number of carbonyl (C=O) groups excluding carboxylic acids is 3. The lowest BCUT2D eigenvalue weighted by atomic mass is 10.1. The van der Waals surface area contributed by atoms with Crippen LogP contribution in [0.15, 0.2) is 24.3 Å². The van der Waals surface area contributed by atoms with Gasteiger partial charge in [-0.05, 0) is 49.9 Å². The van der Waals surface area contributed by atoms with Gasteiger partial charge in [0, 0.05) is 10.4 Å². The van der Waals surface area contributed by atoms with Crippen molar-refractivity contribution in [3.8, 4) is 0 Å². The molecule has 1 aromatic heterocycles. The number of carbonyl (C=O) groups is 3. The van der Waals surface area contributed by atoms with Crippen LogP contribution >= 0.6 is 11.3 Å². The van der Waals surface area contributed by atoms with Gasteiger partial charge >= 0.3 is 11.9 Å². The van der Waals surface area contributed by atoms with Crippen molar-refractivity contribution in [3.63, 3.8) is 0 Å². The molecule has 0 radical (unpaired) electrons. The Hall–Kier alpha value is -2.67. The summed E-state index contributed by atoms with van der Waals surface area (Å²) < 4.78 is 9.84. The summed E-state index contributed by atoms with van der Waals surface area (Å²) in [6.07, 6.45) is 2.72. The van der Waals surface area contributed by atoms with Gasteiger partial charge in [-0.1, -0.05) is 6.07 Å². The fraction of sp³-hybridized carbons (Fsp3) is 0.316.